The topological polar surface area (TPSA) is 17.1 Å². The molecule has 1 heteroatoms. The van der Waals surface area contributed by atoms with Crippen LogP contribution in [0.3, 0.4) is 0 Å². The van der Waals surface area contributed by atoms with Crippen LogP contribution in [0.4, 0.5) is 0 Å². The predicted octanol–water partition coefficient (Wildman–Crippen LogP) is 3.40. The van der Waals surface area contributed by atoms with Crippen molar-refractivity contribution in [2.24, 2.45) is 0 Å². The molecule has 0 aliphatic rings. The molecule has 0 saturated heterocycles. The molecular formula is C13H16O. The summed E-state index contributed by atoms with van der Waals surface area (Å²) < 4.78 is 0. The Labute approximate surface area is 85.5 Å². The number of hydrogen-bond acceptors (Lipinski definition) is 1. The van der Waals surface area contributed by atoms with Gasteiger partial charge in [0.1, 0.15) is 0 Å². The smallest absolute Gasteiger partial charge is 0.159 e. The monoisotopic (exact) mass is 188 g/mol. The second-order valence-electron chi connectivity index (χ2n) is 3.74. The average molecular weight is 188 g/mol. The molecule has 1 rings (SSSR count). The summed E-state index contributed by atoms with van der Waals surface area (Å²) in [4.78, 5) is 11.1. The lowest BCUT2D eigenvalue weighted by molar-refractivity contribution is 0.101. The first-order chi connectivity index (χ1) is 6.59. The zero-order chi connectivity index (χ0) is 10.6. The fourth-order valence-corrected chi connectivity index (χ4v) is 1.24. The summed E-state index contributed by atoms with van der Waals surface area (Å²) in [6.07, 6.45) is 3.07. The van der Waals surface area contributed by atoms with Crippen molar-refractivity contribution in [3.05, 3.63) is 47.0 Å². The minimum absolute atomic E-state index is 0.129. The van der Waals surface area contributed by atoms with Gasteiger partial charge in [-0.15, -0.1) is 0 Å². The van der Waals surface area contributed by atoms with E-state index in [1.807, 2.05) is 24.3 Å². The molecule has 0 unspecified atom stereocenters. The van der Waals surface area contributed by atoms with E-state index in [0.717, 1.165) is 12.0 Å². The van der Waals surface area contributed by atoms with Crippen LogP contribution in [0.1, 0.15) is 36.7 Å². The minimum atomic E-state index is 0.129. The van der Waals surface area contributed by atoms with E-state index in [-0.39, 0.29) is 5.78 Å². The molecule has 0 aliphatic carbocycles. The number of allylic oxidation sites excluding steroid dienone is 2. The van der Waals surface area contributed by atoms with Crippen molar-refractivity contribution in [2.45, 2.75) is 27.2 Å². The van der Waals surface area contributed by atoms with Crippen molar-refractivity contribution in [1.29, 1.82) is 0 Å². The Morgan fingerprint density at radius 2 is 2.00 bits per heavy atom. The van der Waals surface area contributed by atoms with Gasteiger partial charge < -0.3 is 0 Å². The summed E-state index contributed by atoms with van der Waals surface area (Å²) in [5.74, 6) is 0.129. The van der Waals surface area contributed by atoms with Crippen molar-refractivity contribution in [3.63, 3.8) is 0 Å². The fraction of sp³-hybridized carbons (Fsp3) is 0.308. The van der Waals surface area contributed by atoms with E-state index in [9.17, 15) is 4.79 Å². The largest absolute Gasteiger partial charge is 0.295 e. The molecule has 0 bridgehead atoms. The second kappa shape index (κ2) is 4.75. The third-order valence-electron chi connectivity index (χ3n) is 2.08. The van der Waals surface area contributed by atoms with Crippen LogP contribution in [0.25, 0.3) is 0 Å². The van der Waals surface area contributed by atoms with Gasteiger partial charge in [-0.25, -0.2) is 0 Å². The molecule has 0 N–H and O–H groups in total. The highest BCUT2D eigenvalue weighted by Crippen LogP contribution is 2.08. The number of carbonyl (C=O) groups is 1. The van der Waals surface area contributed by atoms with Gasteiger partial charge in [-0.05, 0) is 38.8 Å². The van der Waals surface area contributed by atoms with Gasteiger partial charge in [-0.3, -0.25) is 4.79 Å². The Morgan fingerprint density at radius 3 is 2.57 bits per heavy atom. The van der Waals surface area contributed by atoms with Gasteiger partial charge in [0.05, 0.1) is 0 Å². The van der Waals surface area contributed by atoms with Gasteiger partial charge in [-0.2, -0.15) is 0 Å². The van der Waals surface area contributed by atoms with Crippen molar-refractivity contribution in [2.75, 3.05) is 0 Å². The number of carbonyl (C=O) groups excluding carboxylic acids is 1. The number of rotatable bonds is 3. The number of hydrogen-bond donors (Lipinski definition) is 0. The highest BCUT2D eigenvalue weighted by Gasteiger charge is 1.98. The van der Waals surface area contributed by atoms with Crippen LogP contribution in [0.2, 0.25) is 0 Å². The molecule has 0 radical (unpaired) electrons. The molecule has 1 nitrogen and oxygen atoms in total. The van der Waals surface area contributed by atoms with E-state index in [1.165, 1.54) is 11.1 Å². The van der Waals surface area contributed by atoms with Crippen LogP contribution in [0, 0.1) is 0 Å². The normalized spacial score (nSPS) is 9.64. The molecule has 14 heavy (non-hydrogen) atoms. The van der Waals surface area contributed by atoms with E-state index in [4.69, 9.17) is 0 Å². The van der Waals surface area contributed by atoms with Crippen molar-refractivity contribution in [3.8, 4) is 0 Å². The molecule has 0 heterocycles. The average Bonchev–Trinajstić information content (AvgIpc) is 2.15. The van der Waals surface area contributed by atoms with Gasteiger partial charge in [-0.1, -0.05) is 29.8 Å². The predicted molar refractivity (Wildman–Crippen MR) is 59.6 cm³/mol. The molecule has 1 aromatic carbocycles. The highest BCUT2D eigenvalue weighted by molar-refractivity contribution is 5.94. The Bertz CT molecular complexity index is 357. The molecule has 0 fully saturated rings. The molecule has 0 spiro atoms. The van der Waals surface area contributed by atoms with Crippen molar-refractivity contribution >= 4 is 5.78 Å². The Morgan fingerprint density at radius 1 is 1.29 bits per heavy atom. The first-order valence-electron chi connectivity index (χ1n) is 4.83. The maximum absolute atomic E-state index is 11.1. The van der Waals surface area contributed by atoms with E-state index in [2.05, 4.69) is 19.9 Å². The minimum Gasteiger partial charge on any atom is -0.295 e. The first kappa shape index (κ1) is 10.7. The number of ketones is 1. The lowest BCUT2D eigenvalue weighted by Gasteiger charge is -2.00. The zero-order valence-corrected chi connectivity index (χ0v) is 9.00. The highest BCUT2D eigenvalue weighted by atomic mass is 16.1. The molecule has 0 amide bonds. The molecule has 74 valence electrons. The summed E-state index contributed by atoms with van der Waals surface area (Å²) >= 11 is 0. The van der Waals surface area contributed by atoms with Crippen LogP contribution < -0.4 is 0 Å². The maximum Gasteiger partial charge on any atom is 0.159 e. The SMILES string of the molecule is CC(=O)c1cccc(CC=C(C)C)c1. The van der Waals surface area contributed by atoms with Gasteiger partial charge >= 0.3 is 0 Å². The van der Waals surface area contributed by atoms with Crippen molar-refractivity contribution in [1.82, 2.24) is 0 Å². The summed E-state index contributed by atoms with van der Waals surface area (Å²) in [6.45, 7) is 5.75. The molecule has 0 saturated carbocycles. The van der Waals surface area contributed by atoms with E-state index >= 15 is 0 Å². The lowest BCUT2D eigenvalue weighted by atomic mass is 10.1. The van der Waals surface area contributed by atoms with Crippen LogP contribution in [0.5, 0.6) is 0 Å². The van der Waals surface area contributed by atoms with E-state index < -0.39 is 0 Å². The van der Waals surface area contributed by atoms with Crippen LogP contribution in [0.15, 0.2) is 35.9 Å². The van der Waals surface area contributed by atoms with Crippen LogP contribution in [-0.4, -0.2) is 5.78 Å². The third-order valence-corrected chi connectivity index (χ3v) is 2.08. The van der Waals surface area contributed by atoms with Gasteiger partial charge in [0.2, 0.25) is 0 Å². The number of benzene rings is 1. The summed E-state index contributed by atoms with van der Waals surface area (Å²) in [7, 11) is 0. The third kappa shape index (κ3) is 3.17. The van der Waals surface area contributed by atoms with Crippen LogP contribution in [-0.2, 0) is 6.42 Å². The Balaban J connectivity index is 2.84. The van der Waals surface area contributed by atoms with Crippen LogP contribution >= 0.6 is 0 Å². The van der Waals surface area contributed by atoms with E-state index in [0.29, 0.717) is 0 Å². The Kier molecular flexibility index (Phi) is 3.63. The van der Waals surface area contributed by atoms with Gasteiger partial charge in [0.25, 0.3) is 0 Å². The first-order valence-corrected chi connectivity index (χ1v) is 4.83. The zero-order valence-electron chi connectivity index (χ0n) is 9.00. The quantitative estimate of drug-likeness (QED) is 0.525. The fourth-order valence-electron chi connectivity index (χ4n) is 1.24. The molecule has 1 aromatic rings. The molecular weight excluding hydrogens is 172 g/mol. The maximum atomic E-state index is 11.1. The number of Topliss-reactive ketones (excluding diaryl/α,β-unsaturated/α-hetero) is 1. The van der Waals surface area contributed by atoms with Gasteiger partial charge in [0, 0.05) is 5.56 Å². The second-order valence-corrected chi connectivity index (χ2v) is 3.74. The molecule has 0 atom stereocenters. The summed E-state index contributed by atoms with van der Waals surface area (Å²) in [6, 6.07) is 7.80. The lowest BCUT2D eigenvalue weighted by Crippen LogP contribution is -1.93. The summed E-state index contributed by atoms with van der Waals surface area (Å²) in [5, 5.41) is 0. The van der Waals surface area contributed by atoms with Crippen molar-refractivity contribution < 1.29 is 4.79 Å². The molecule has 0 aromatic heterocycles. The van der Waals surface area contributed by atoms with Gasteiger partial charge in [0.15, 0.2) is 5.78 Å². The Hall–Kier alpha value is -1.37. The summed E-state index contributed by atoms with van der Waals surface area (Å²) in [5.41, 5.74) is 3.29. The molecule has 0 aliphatic heterocycles. The standard InChI is InChI=1S/C13H16O/c1-10(2)7-8-12-5-4-6-13(9-12)11(3)14/h4-7,9H,8H2,1-3H3. The van der Waals surface area contributed by atoms with E-state index in [1.54, 1.807) is 6.92 Å².